The molecule has 0 unspecified atom stereocenters. The van der Waals surface area contributed by atoms with Gasteiger partial charge in [-0.1, -0.05) is 24.3 Å². The summed E-state index contributed by atoms with van der Waals surface area (Å²) < 4.78 is 10.2. The lowest BCUT2D eigenvalue weighted by molar-refractivity contribution is 0.151. The summed E-state index contributed by atoms with van der Waals surface area (Å²) in [6.45, 7) is 0.162. The molecule has 0 fully saturated rings. The van der Waals surface area contributed by atoms with Crippen molar-refractivity contribution >= 4 is 11.8 Å². The van der Waals surface area contributed by atoms with Crippen molar-refractivity contribution in [2.75, 3.05) is 7.11 Å². The van der Waals surface area contributed by atoms with Gasteiger partial charge in [0.15, 0.2) is 0 Å². The van der Waals surface area contributed by atoms with Crippen molar-refractivity contribution in [3.63, 3.8) is 0 Å². The molecule has 126 valence electrons. The molecule has 0 N–H and O–H groups in total. The molecular formula is C19H17N3O3. The van der Waals surface area contributed by atoms with Crippen LogP contribution >= 0.6 is 0 Å². The summed E-state index contributed by atoms with van der Waals surface area (Å²) in [5, 5.41) is 7.93. The zero-order chi connectivity index (χ0) is 17.5. The lowest BCUT2D eigenvalue weighted by atomic mass is 9.99. The first kappa shape index (κ1) is 16.6. The van der Waals surface area contributed by atoms with Crippen LogP contribution < -0.4 is 4.74 Å². The third-order valence-corrected chi connectivity index (χ3v) is 3.62. The molecular weight excluding hydrogens is 318 g/mol. The molecule has 0 saturated heterocycles. The first-order valence-electron chi connectivity index (χ1n) is 7.77. The molecule has 0 atom stereocenters. The minimum absolute atomic E-state index is 0.0305. The molecule has 6 heteroatoms. The minimum Gasteiger partial charge on any atom is -0.497 e. The number of amides is 1. The van der Waals surface area contributed by atoms with E-state index in [1.807, 2.05) is 48.6 Å². The van der Waals surface area contributed by atoms with Crippen LogP contribution in [0.2, 0.25) is 0 Å². The number of hydrogen-bond donors (Lipinski definition) is 0. The summed E-state index contributed by atoms with van der Waals surface area (Å²) in [4.78, 5) is 15.8. The summed E-state index contributed by atoms with van der Waals surface area (Å²) in [6.07, 6.45) is 8.38. The fraction of sp³-hybridized carbons (Fsp3) is 0.158. The van der Waals surface area contributed by atoms with Gasteiger partial charge in [0, 0.05) is 12.1 Å². The van der Waals surface area contributed by atoms with E-state index in [4.69, 9.17) is 9.47 Å². The zero-order valence-corrected chi connectivity index (χ0v) is 13.7. The Balaban J connectivity index is 1.54. The van der Waals surface area contributed by atoms with Crippen molar-refractivity contribution in [1.29, 1.82) is 0 Å². The molecule has 1 aliphatic carbocycles. The van der Waals surface area contributed by atoms with Gasteiger partial charge in [0.1, 0.15) is 12.4 Å². The van der Waals surface area contributed by atoms with Crippen molar-refractivity contribution < 1.29 is 14.3 Å². The highest BCUT2D eigenvalue weighted by molar-refractivity contribution is 6.09. The lowest BCUT2D eigenvalue weighted by Gasteiger charge is -2.10. The second-order valence-electron chi connectivity index (χ2n) is 5.33. The predicted molar refractivity (Wildman–Crippen MR) is 93.7 cm³/mol. The highest BCUT2D eigenvalue weighted by atomic mass is 16.5. The summed E-state index contributed by atoms with van der Waals surface area (Å²) in [5.74, 6) is 0.786. The number of hydrogen-bond acceptors (Lipinski definition) is 5. The Morgan fingerprint density at radius 2 is 1.92 bits per heavy atom. The molecule has 0 saturated carbocycles. The SMILES string of the molecule is COc1ccc(COC(=O)N=C2C=CC(c3cccnn3)C=C2)cc1. The monoisotopic (exact) mass is 335 g/mol. The quantitative estimate of drug-likeness (QED) is 0.855. The number of benzene rings is 1. The third kappa shape index (κ3) is 4.60. The van der Waals surface area contributed by atoms with Gasteiger partial charge in [-0.15, -0.1) is 0 Å². The van der Waals surface area contributed by atoms with Gasteiger partial charge in [0.05, 0.1) is 18.5 Å². The van der Waals surface area contributed by atoms with Crippen LogP contribution in [0.5, 0.6) is 5.75 Å². The van der Waals surface area contributed by atoms with E-state index < -0.39 is 6.09 Å². The highest BCUT2D eigenvalue weighted by Crippen LogP contribution is 2.19. The summed E-state index contributed by atoms with van der Waals surface area (Å²) >= 11 is 0. The van der Waals surface area contributed by atoms with Crippen LogP contribution in [0, 0.1) is 0 Å². The summed E-state index contributed by atoms with van der Waals surface area (Å²) in [5.41, 5.74) is 2.25. The van der Waals surface area contributed by atoms with E-state index >= 15 is 0 Å². The Kier molecular flexibility index (Phi) is 5.31. The summed E-state index contributed by atoms with van der Waals surface area (Å²) in [7, 11) is 1.60. The van der Waals surface area contributed by atoms with Crippen molar-refractivity contribution in [1.82, 2.24) is 10.2 Å². The van der Waals surface area contributed by atoms with Gasteiger partial charge in [0.2, 0.25) is 0 Å². The molecule has 1 aliphatic rings. The van der Waals surface area contributed by atoms with Crippen LogP contribution in [0.3, 0.4) is 0 Å². The Labute approximate surface area is 145 Å². The maximum atomic E-state index is 11.8. The second kappa shape index (κ2) is 8.01. The Morgan fingerprint density at radius 1 is 1.16 bits per heavy atom. The number of methoxy groups -OCH3 is 1. The van der Waals surface area contributed by atoms with E-state index in [1.165, 1.54) is 0 Å². The standard InChI is InChI=1S/C19H17N3O3/c1-24-17-10-4-14(5-11-17)13-25-19(23)21-16-8-6-15(7-9-16)18-3-2-12-20-22-18/h2-12,15H,13H2,1H3. The Bertz CT molecular complexity index is 796. The molecule has 2 aromatic rings. The molecule has 25 heavy (non-hydrogen) atoms. The van der Waals surface area contributed by atoms with E-state index in [0.29, 0.717) is 5.71 Å². The summed E-state index contributed by atoms with van der Waals surface area (Å²) in [6, 6.07) is 11.0. The first-order chi connectivity index (χ1) is 12.2. The van der Waals surface area contributed by atoms with Crippen molar-refractivity contribution in [3.05, 3.63) is 78.2 Å². The van der Waals surface area contributed by atoms with Gasteiger partial charge in [-0.25, -0.2) is 4.79 Å². The number of aromatic nitrogens is 2. The van der Waals surface area contributed by atoms with Crippen molar-refractivity contribution in [2.45, 2.75) is 12.5 Å². The Hall–Kier alpha value is -3.28. The van der Waals surface area contributed by atoms with Crippen LogP contribution in [0.15, 0.2) is 71.9 Å². The maximum absolute atomic E-state index is 11.8. The fourth-order valence-electron chi connectivity index (χ4n) is 2.29. The van der Waals surface area contributed by atoms with Gasteiger partial charge in [-0.05, 0) is 42.0 Å². The number of rotatable bonds is 4. The topological polar surface area (TPSA) is 73.7 Å². The van der Waals surface area contributed by atoms with Crippen LogP contribution in [0.25, 0.3) is 0 Å². The van der Waals surface area contributed by atoms with E-state index in [-0.39, 0.29) is 12.5 Å². The zero-order valence-electron chi connectivity index (χ0n) is 13.7. The van der Waals surface area contributed by atoms with Crippen molar-refractivity contribution in [3.8, 4) is 5.75 Å². The molecule has 1 aromatic carbocycles. The van der Waals surface area contributed by atoms with Gasteiger partial charge in [-0.3, -0.25) is 0 Å². The third-order valence-electron chi connectivity index (χ3n) is 3.62. The smallest absolute Gasteiger partial charge is 0.434 e. The molecule has 1 aromatic heterocycles. The molecule has 3 rings (SSSR count). The molecule has 0 spiro atoms. The normalized spacial score (nSPS) is 15.7. The highest BCUT2D eigenvalue weighted by Gasteiger charge is 2.11. The molecule has 0 bridgehead atoms. The van der Waals surface area contributed by atoms with Crippen molar-refractivity contribution in [2.24, 2.45) is 4.99 Å². The molecule has 0 aliphatic heterocycles. The number of aliphatic imine (C=N–C) groups is 1. The van der Waals surface area contributed by atoms with Crippen LogP contribution in [-0.2, 0) is 11.3 Å². The predicted octanol–water partition coefficient (Wildman–Crippen LogP) is 3.47. The van der Waals surface area contributed by atoms with Crippen LogP contribution in [-0.4, -0.2) is 29.1 Å². The fourth-order valence-corrected chi connectivity index (χ4v) is 2.29. The second-order valence-corrected chi connectivity index (χ2v) is 5.33. The van der Waals surface area contributed by atoms with Gasteiger partial charge in [-0.2, -0.15) is 15.2 Å². The van der Waals surface area contributed by atoms with Gasteiger partial charge in [0.25, 0.3) is 0 Å². The lowest BCUT2D eigenvalue weighted by Crippen LogP contribution is -2.06. The van der Waals surface area contributed by atoms with Crippen LogP contribution in [0.1, 0.15) is 17.2 Å². The number of carbonyl (C=O) groups is 1. The molecule has 1 heterocycles. The molecule has 1 amide bonds. The van der Waals surface area contributed by atoms with Crippen LogP contribution in [0.4, 0.5) is 4.79 Å². The number of ether oxygens (including phenoxy) is 2. The van der Waals surface area contributed by atoms with E-state index in [0.717, 1.165) is 17.0 Å². The van der Waals surface area contributed by atoms with Gasteiger partial charge >= 0.3 is 6.09 Å². The molecule has 6 nitrogen and oxygen atoms in total. The number of allylic oxidation sites excluding steroid dienone is 4. The van der Waals surface area contributed by atoms with E-state index in [1.54, 1.807) is 25.5 Å². The largest absolute Gasteiger partial charge is 0.497 e. The average Bonchev–Trinajstić information content (AvgIpc) is 2.68. The van der Waals surface area contributed by atoms with E-state index in [9.17, 15) is 4.79 Å². The Morgan fingerprint density at radius 3 is 2.56 bits per heavy atom. The number of carbonyl (C=O) groups excluding carboxylic acids is 1. The minimum atomic E-state index is -0.627. The number of nitrogens with zero attached hydrogens (tertiary/aromatic N) is 3. The van der Waals surface area contributed by atoms with Gasteiger partial charge < -0.3 is 9.47 Å². The van der Waals surface area contributed by atoms with E-state index in [2.05, 4.69) is 15.2 Å². The maximum Gasteiger partial charge on any atom is 0.434 e. The first-order valence-corrected chi connectivity index (χ1v) is 7.77. The molecule has 0 radical (unpaired) electrons. The average molecular weight is 335 g/mol.